The van der Waals surface area contributed by atoms with E-state index in [0.717, 1.165) is 5.69 Å². The molecule has 0 fully saturated rings. The Hall–Kier alpha value is -3.42. The number of hydrogen-bond donors (Lipinski definition) is 0. The number of carbonyl (C=O) groups excluding carboxylic acids is 2. The monoisotopic (exact) mass is 369 g/mol. The summed E-state index contributed by atoms with van der Waals surface area (Å²) in [5, 5.41) is 5.51. The zero-order chi connectivity index (χ0) is 19.6. The van der Waals surface area contributed by atoms with Gasteiger partial charge in [0.05, 0.1) is 12.7 Å². The second-order valence-electron chi connectivity index (χ2n) is 5.93. The molecule has 1 aliphatic rings. The number of amides is 1. The SMILES string of the molecule is COc1ccc([C@@H]2OC(c3ccc(C)nc3)=NN2C(C)=O)cc1OC(C)=O. The Balaban J connectivity index is 1.95. The van der Waals surface area contributed by atoms with Crippen molar-refractivity contribution in [2.75, 3.05) is 7.11 Å². The number of esters is 1. The number of benzene rings is 1. The summed E-state index contributed by atoms with van der Waals surface area (Å²) in [5.74, 6) is 0.140. The molecule has 140 valence electrons. The Morgan fingerprint density at radius 3 is 2.52 bits per heavy atom. The molecule has 2 heterocycles. The maximum absolute atomic E-state index is 12.1. The molecule has 0 saturated heterocycles. The summed E-state index contributed by atoms with van der Waals surface area (Å²) in [4.78, 5) is 27.6. The van der Waals surface area contributed by atoms with E-state index in [0.29, 0.717) is 16.9 Å². The van der Waals surface area contributed by atoms with Crippen LogP contribution in [0.4, 0.5) is 0 Å². The maximum atomic E-state index is 12.1. The van der Waals surface area contributed by atoms with Crippen LogP contribution in [0.2, 0.25) is 0 Å². The molecule has 1 atom stereocenters. The van der Waals surface area contributed by atoms with E-state index in [1.807, 2.05) is 19.1 Å². The van der Waals surface area contributed by atoms with E-state index in [1.165, 1.54) is 26.0 Å². The van der Waals surface area contributed by atoms with Crippen molar-refractivity contribution in [3.05, 3.63) is 53.3 Å². The van der Waals surface area contributed by atoms with Gasteiger partial charge in [0.1, 0.15) is 0 Å². The Labute approximate surface area is 156 Å². The Morgan fingerprint density at radius 1 is 1.15 bits per heavy atom. The van der Waals surface area contributed by atoms with E-state index >= 15 is 0 Å². The summed E-state index contributed by atoms with van der Waals surface area (Å²) < 4.78 is 16.3. The lowest BCUT2D eigenvalue weighted by atomic mass is 10.1. The van der Waals surface area contributed by atoms with Crippen molar-refractivity contribution in [1.29, 1.82) is 0 Å². The number of carbonyl (C=O) groups is 2. The minimum Gasteiger partial charge on any atom is -0.493 e. The van der Waals surface area contributed by atoms with Gasteiger partial charge in [-0.15, -0.1) is 5.10 Å². The van der Waals surface area contributed by atoms with Crippen LogP contribution in [0.5, 0.6) is 11.5 Å². The average molecular weight is 369 g/mol. The first-order chi connectivity index (χ1) is 12.9. The van der Waals surface area contributed by atoms with Gasteiger partial charge in [0.15, 0.2) is 11.5 Å². The molecule has 0 saturated carbocycles. The van der Waals surface area contributed by atoms with E-state index in [-0.39, 0.29) is 17.6 Å². The van der Waals surface area contributed by atoms with Crippen LogP contribution in [-0.4, -0.2) is 34.9 Å². The van der Waals surface area contributed by atoms with Crippen LogP contribution in [0.15, 0.2) is 41.6 Å². The standard InChI is InChI=1S/C19H19N3O5/c1-11-5-6-15(10-20-11)18-21-22(12(2)23)19(27-18)14-7-8-16(25-4)17(9-14)26-13(3)24/h5-10,19H,1-4H3/t19-/m0/s1. The van der Waals surface area contributed by atoms with E-state index in [2.05, 4.69) is 10.1 Å². The first kappa shape index (κ1) is 18.4. The van der Waals surface area contributed by atoms with Gasteiger partial charge >= 0.3 is 5.97 Å². The van der Waals surface area contributed by atoms with Gasteiger partial charge < -0.3 is 14.2 Å². The molecule has 1 amide bonds. The third kappa shape index (κ3) is 3.89. The minimum atomic E-state index is -0.793. The van der Waals surface area contributed by atoms with Crippen molar-refractivity contribution in [2.24, 2.45) is 5.10 Å². The smallest absolute Gasteiger partial charge is 0.308 e. The number of methoxy groups -OCH3 is 1. The summed E-state index contributed by atoms with van der Waals surface area (Å²) in [7, 11) is 1.47. The molecule has 1 aliphatic heterocycles. The molecule has 3 rings (SSSR count). The fourth-order valence-corrected chi connectivity index (χ4v) is 2.58. The molecule has 0 N–H and O–H groups in total. The highest BCUT2D eigenvalue weighted by molar-refractivity contribution is 5.96. The normalized spacial score (nSPS) is 15.8. The second kappa shape index (κ2) is 7.45. The fraction of sp³-hybridized carbons (Fsp3) is 0.263. The highest BCUT2D eigenvalue weighted by Gasteiger charge is 2.33. The predicted molar refractivity (Wildman–Crippen MR) is 96.2 cm³/mol. The topological polar surface area (TPSA) is 90.3 Å². The molecule has 2 aromatic rings. The number of aryl methyl sites for hydroxylation is 1. The lowest BCUT2D eigenvalue weighted by Gasteiger charge is -2.20. The lowest BCUT2D eigenvalue weighted by molar-refractivity contribution is -0.135. The van der Waals surface area contributed by atoms with Crippen molar-refractivity contribution in [2.45, 2.75) is 27.0 Å². The average Bonchev–Trinajstić information content (AvgIpc) is 3.07. The van der Waals surface area contributed by atoms with Gasteiger partial charge in [0, 0.05) is 31.3 Å². The Kier molecular flexibility index (Phi) is 5.07. The first-order valence-corrected chi connectivity index (χ1v) is 8.23. The molecular weight excluding hydrogens is 350 g/mol. The predicted octanol–water partition coefficient (Wildman–Crippen LogP) is 2.56. The van der Waals surface area contributed by atoms with Crippen molar-refractivity contribution in [3.63, 3.8) is 0 Å². The Morgan fingerprint density at radius 2 is 1.93 bits per heavy atom. The van der Waals surface area contributed by atoms with Gasteiger partial charge in [-0.3, -0.25) is 14.6 Å². The third-order valence-corrected chi connectivity index (χ3v) is 3.85. The minimum absolute atomic E-state index is 0.236. The van der Waals surface area contributed by atoms with Crippen molar-refractivity contribution < 1.29 is 23.8 Å². The molecule has 8 heteroatoms. The molecule has 8 nitrogen and oxygen atoms in total. The first-order valence-electron chi connectivity index (χ1n) is 8.23. The number of hydrogen-bond acceptors (Lipinski definition) is 7. The molecule has 0 radical (unpaired) electrons. The second-order valence-corrected chi connectivity index (χ2v) is 5.93. The number of nitrogens with zero attached hydrogens (tertiary/aromatic N) is 3. The molecule has 0 spiro atoms. The Bertz CT molecular complexity index is 908. The zero-order valence-corrected chi connectivity index (χ0v) is 15.4. The number of rotatable bonds is 4. The highest BCUT2D eigenvalue weighted by Crippen LogP contribution is 2.36. The highest BCUT2D eigenvalue weighted by atomic mass is 16.6. The third-order valence-electron chi connectivity index (χ3n) is 3.85. The van der Waals surface area contributed by atoms with Crippen LogP contribution in [0, 0.1) is 6.92 Å². The molecule has 0 bridgehead atoms. The number of ether oxygens (including phenoxy) is 3. The van der Waals surface area contributed by atoms with Crippen LogP contribution in [0.3, 0.4) is 0 Å². The van der Waals surface area contributed by atoms with Crippen LogP contribution in [-0.2, 0) is 14.3 Å². The molecule has 1 aromatic heterocycles. The van der Waals surface area contributed by atoms with E-state index in [4.69, 9.17) is 14.2 Å². The van der Waals surface area contributed by atoms with Crippen molar-refractivity contribution in [1.82, 2.24) is 9.99 Å². The van der Waals surface area contributed by atoms with Crippen LogP contribution < -0.4 is 9.47 Å². The van der Waals surface area contributed by atoms with E-state index in [1.54, 1.807) is 24.4 Å². The quantitative estimate of drug-likeness (QED) is 0.608. The maximum Gasteiger partial charge on any atom is 0.308 e. The largest absolute Gasteiger partial charge is 0.493 e. The molecule has 0 unspecified atom stereocenters. The van der Waals surface area contributed by atoms with Crippen LogP contribution >= 0.6 is 0 Å². The summed E-state index contributed by atoms with van der Waals surface area (Å²) >= 11 is 0. The van der Waals surface area contributed by atoms with Gasteiger partial charge in [-0.2, -0.15) is 5.01 Å². The van der Waals surface area contributed by atoms with E-state index < -0.39 is 12.2 Å². The number of hydrazone groups is 1. The summed E-state index contributed by atoms with van der Waals surface area (Å²) in [5.41, 5.74) is 2.10. The number of pyridine rings is 1. The molecule has 27 heavy (non-hydrogen) atoms. The summed E-state index contributed by atoms with van der Waals surface area (Å²) in [6.07, 6.45) is 0.840. The van der Waals surface area contributed by atoms with Crippen molar-refractivity contribution >= 4 is 17.8 Å². The van der Waals surface area contributed by atoms with Gasteiger partial charge in [-0.05, 0) is 37.3 Å². The van der Waals surface area contributed by atoms with Gasteiger partial charge in [0.25, 0.3) is 0 Å². The van der Waals surface area contributed by atoms with Crippen LogP contribution in [0.25, 0.3) is 0 Å². The van der Waals surface area contributed by atoms with Crippen molar-refractivity contribution in [3.8, 4) is 11.5 Å². The van der Waals surface area contributed by atoms with E-state index in [9.17, 15) is 9.59 Å². The molecule has 1 aromatic carbocycles. The summed E-state index contributed by atoms with van der Waals surface area (Å²) in [6.45, 7) is 4.57. The van der Waals surface area contributed by atoms with Gasteiger partial charge in [-0.1, -0.05) is 0 Å². The lowest BCUT2D eigenvalue weighted by Crippen LogP contribution is -2.25. The fourth-order valence-electron chi connectivity index (χ4n) is 2.58. The van der Waals surface area contributed by atoms with Gasteiger partial charge in [-0.25, -0.2) is 0 Å². The zero-order valence-electron chi connectivity index (χ0n) is 15.4. The molecule has 0 aliphatic carbocycles. The number of aromatic nitrogens is 1. The van der Waals surface area contributed by atoms with Gasteiger partial charge in [0.2, 0.25) is 18.0 Å². The summed E-state index contributed by atoms with van der Waals surface area (Å²) in [6, 6.07) is 8.60. The van der Waals surface area contributed by atoms with Crippen LogP contribution in [0.1, 0.15) is 36.9 Å². The molecular formula is C19H19N3O5.